The number of amides is 3. The molecule has 2 atom stereocenters. The normalized spacial score (nSPS) is 14.3. The highest BCUT2D eigenvalue weighted by atomic mass is 16.6. The van der Waals surface area contributed by atoms with Gasteiger partial charge in [0.05, 0.1) is 118 Å². The molecule has 0 bridgehead atoms. The lowest BCUT2D eigenvalue weighted by molar-refractivity contribution is -0.139. The molecule has 1 saturated heterocycles. The Morgan fingerprint density at radius 2 is 1.33 bits per heavy atom. The molecule has 5 rings (SSSR count). The van der Waals surface area contributed by atoms with Gasteiger partial charge in [-0.1, -0.05) is 20.8 Å². The van der Waals surface area contributed by atoms with Crippen molar-refractivity contribution in [2.24, 2.45) is 12.5 Å². The zero-order valence-corrected chi connectivity index (χ0v) is 40.0. The number of carbonyl (C=O) groups is 3. The number of β-amino-alcohol motifs (C(OH)–C–C–N with tert-alkyl or cyclic N) is 1. The van der Waals surface area contributed by atoms with Gasteiger partial charge >= 0.3 is 0 Å². The summed E-state index contributed by atoms with van der Waals surface area (Å²) < 4.78 is 56.8. The standard InChI is InChI=1S/C47H67N7O15/c1-47(2,3)43(46(59)54-13-11-35(55)33-54)51-41(56)12-14-60-15-16-61-17-18-62-19-20-63-21-22-64-23-24-65-25-26-66-27-28-67-29-30-68-36-6-7-37(48-32-36)44(58)49-34-5-9-40-39(31-34)50-45(69-40)38-8-10-42(57)53(4)52-38/h5-10,31-32,35,43,55H,11-30,33H2,1-4H3,(H,49,58)(H,51,56)/t35-,43-/m1/s1. The van der Waals surface area contributed by atoms with E-state index in [1.165, 1.54) is 23.0 Å². The Balaban J connectivity index is 0.745. The molecule has 0 radical (unpaired) electrons. The molecule has 1 fully saturated rings. The third kappa shape index (κ3) is 19.8. The van der Waals surface area contributed by atoms with Crippen LogP contribution in [0.25, 0.3) is 22.7 Å². The van der Waals surface area contributed by atoms with Crippen LogP contribution in [-0.2, 0) is 54.5 Å². The maximum absolute atomic E-state index is 13.0. The fourth-order valence-corrected chi connectivity index (χ4v) is 6.56. The number of hydrogen-bond donors (Lipinski definition) is 3. The summed E-state index contributed by atoms with van der Waals surface area (Å²) in [5.41, 5.74) is 1.41. The molecule has 4 aromatic rings. The number of carbonyl (C=O) groups excluding carboxylic acids is 3. The first kappa shape index (κ1) is 54.5. The van der Waals surface area contributed by atoms with Gasteiger partial charge in [0, 0.05) is 38.3 Å². The molecule has 3 amide bonds. The van der Waals surface area contributed by atoms with E-state index in [-0.39, 0.29) is 42.0 Å². The second kappa shape index (κ2) is 29.6. The van der Waals surface area contributed by atoms with E-state index in [9.17, 15) is 24.3 Å². The number of rotatable bonds is 33. The Labute approximate surface area is 401 Å². The number of hydrogen-bond acceptors (Lipinski definition) is 18. The van der Waals surface area contributed by atoms with Gasteiger partial charge in [0.15, 0.2) is 5.58 Å². The first-order valence-corrected chi connectivity index (χ1v) is 23.1. The SMILES string of the molecule is Cn1nc(-c2nc3cc(NC(=O)c4ccc(OCCOCCOCCOCCOCCOCCOCCOCCOCCC(=O)N[C@H](C(=O)N5CC[C@@H](O)C5)C(C)(C)C)cn4)ccc3o2)ccc1=O. The highest BCUT2D eigenvalue weighted by Crippen LogP contribution is 2.26. The van der Waals surface area contributed by atoms with Crippen LogP contribution in [0.3, 0.4) is 0 Å². The number of aryl methyl sites for hydroxylation is 1. The molecule has 0 saturated carbocycles. The van der Waals surface area contributed by atoms with Crippen LogP contribution in [0.1, 0.15) is 44.1 Å². The number of oxazole rings is 1. The Morgan fingerprint density at radius 3 is 1.84 bits per heavy atom. The summed E-state index contributed by atoms with van der Waals surface area (Å²) in [6.07, 6.45) is 1.63. The first-order chi connectivity index (χ1) is 33.4. The van der Waals surface area contributed by atoms with Crippen LogP contribution >= 0.6 is 0 Å². The Bertz CT molecular complexity index is 2220. The average molecular weight is 970 g/mol. The van der Waals surface area contributed by atoms with Gasteiger partial charge in [-0.15, -0.1) is 0 Å². The molecule has 0 aliphatic carbocycles. The summed E-state index contributed by atoms with van der Waals surface area (Å²) in [7, 11) is 1.54. The summed E-state index contributed by atoms with van der Waals surface area (Å²) in [4.78, 5) is 60.2. The lowest BCUT2D eigenvalue weighted by Crippen LogP contribution is -2.54. The molecule has 22 heteroatoms. The third-order valence-corrected chi connectivity index (χ3v) is 10.3. The summed E-state index contributed by atoms with van der Waals surface area (Å²) in [6.45, 7) is 13.1. The van der Waals surface area contributed by atoms with Crippen molar-refractivity contribution in [3.05, 3.63) is 64.7 Å². The summed E-state index contributed by atoms with van der Waals surface area (Å²) in [5.74, 6) is -0.0921. The van der Waals surface area contributed by atoms with Gasteiger partial charge < -0.3 is 67.7 Å². The largest absolute Gasteiger partial charge is 0.490 e. The molecule has 1 aromatic carbocycles. The van der Waals surface area contributed by atoms with E-state index in [0.717, 1.165) is 0 Å². The fourth-order valence-electron chi connectivity index (χ4n) is 6.56. The molecule has 69 heavy (non-hydrogen) atoms. The van der Waals surface area contributed by atoms with Gasteiger partial charge in [-0.2, -0.15) is 5.10 Å². The molecular formula is C47H67N7O15. The minimum absolute atomic E-state index is 0.127. The van der Waals surface area contributed by atoms with Gasteiger partial charge in [0.1, 0.15) is 35.3 Å². The van der Waals surface area contributed by atoms with Crippen molar-refractivity contribution in [1.82, 2.24) is 30.0 Å². The van der Waals surface area contributed by atoms with Crippen LogP contribution in [0.15, 0.2) is 57.9 Å². The lowest BCUT2D eigenvalue weighted by atomic mass is 9.85. The zero-order valence-electron chi connectivity index (χ0n) is 40.0. The van der Waals surface area contributed by atoms with Crippen molar-refractivity contribution in [1.29, 1.82) is 0 Å². The number of likely N-dealkylation sites (tertiary alicyclic amines) is 1. The van der Waals surface area contributed by atoms with E-state index in [1.807, 2.05) is 20.8 Å². The number of nitrogens with zero attached hydrogens (tertiary/aromatic N) is 5. The molecule has 3 N–H and O–H groups in total. The van der Waals surface area contributed by atoms with Crippen LogP contribution in [0, 0.1) is 5.41 Å². The number of anilines is 1. The second-order valence-electron chi connectivity index (χ2n) is 16.8. The third-order valence-electron chi connectivity index (χ3n) is 10.3. The van der Waals surface area contributed by atoms with Gasteiger partial charge in [-0.05, 0) is 48.2 Å². The van der Waals surface area contributed by atoms with E-state index in [4.69, 9.17) is 47.0 Å². The predicted molar refractivity (Wildman–Crippen MR) is 250 cm³/mol. The zero-order chi connectivity index (χ0) is 49.3. The minimum Gasteiger partial charge on any atom is -0.490 e. The van der Waals surface area contributed by atoms with Crippen LogP contribution in [-0.4, -0.2) is 185 Å². The molecule has 22 nitrogen and oxygen atoms in total. The van der Waals surface area contributed by atoms with Gasteiger partial charge in [-0.3, -0.25) is 19.2 Å². The van der Waals surface area contributed by atoms with Crippen molar-refractivity contribution in [3.8, 4) is 17.3 Å². The molecule has 380 valence electrons. The summed E-state index contributed by atoms with van der Waals surface area (Å²) in [6, 6.07) is 10.5. The van der Waals surface area contributed by atoms with Crippen molar-refractivity contribution < 1.29 is 66.5 Å². The number of aliphatic hydroxyl groups is 1. The van der Waals surface area contributed by atoms with Crippen LogP contribution < -0.4 is 20.9 Å². The monoisotopic (exact) mass is 969 g/mol. The number of ether oxygens (including phenoxy) is 9. The van der Waals surface area contributed by atoms with Gasteiger partial charge in [0.25, 0.3) is 11.5 Å². The fraction of sp³-hybridized carbons (Fsp3) is 0.596. The van der Waals surface area contributed by atoms with E-state index in [1.54, 1.807) is 42.3 Å². The lowest BCUT2D eigenvalue weighted by Gasteiger charge is -2.33. The Kier molecular flexibility index (Phi) is 23.4. The maximum atomic E-state index is 13.0. The van der Waals surface area contributed by atoms with Crippen LogP contribution in [0.5, 0.6) is 5.75 Å². The van der Waals surface area contributed by atoms with Crippen LogP contribution in [0.4, 0.5) is 5.69 Å². The van der Waals surface area contributed by atoms with Gasteiger partial charge in [0.2, 0.25) is 17.7 Å². The molecule has 1 aliphatic heterocycles. The van der Waals surface area contributed by atoms with Gasteiger partial charge in [-0.25, -0.2) is 14.6 Å². The first-order valence-electron chi connectivity index (χ1n) is 23.1. The maximum Gasteiger partial charge on any atom is 0.274 e. The van der Waals surface area contributed by atoms with Crippen molar-refractivity contribution in [2.45, 2.75) is 45.8 Å². The van der Waals surface area contributed by atoms with Crippen LogP contribution in [0.2, 0.25) is 0 Å². The number of fused-ring (bicyclic) bond motifs is 1. The summed E-state index contributed by atoms with van der Waals surface area (Å²) >= 11 is 0. The number of aromatic nitrogens is 4. The van der Waals surface area contributed by atoms with Crippen molar-refractivity contribution >= 4 is 34.5 Å². The van der Waals surface area contributed by atoms with Crippen molar-refractivity contribution in [3.63, 3.8) is 0 Å². The van der Waals surface area contributed by atoms with E-state index < -0.39 is 23.5 Å². The number of pyridine rings is 1. The van der Waals surface area contributed by atoms with Crippen molar-refractivity contribution in [2.75, 3.05) is 131 Å². The smallest absolute Gasteiger partial charge is 0.274 e. The Morgan fingerprint density at radius 1 is 0.768 bits per heavy atom. The number of benzene rings is 1. The Hall–Kier alpha value is -5.43. The highest BCUT2D eigenvalue weighted by molar-refractivity contribution is 6.03. The van der Waals surface area contributed by atoms with E-state index in [2.05, 4.69) is 25.7 Å². The number of nitrogens with one attached hydrogen (secondary N) is 2. The molecule has 0 spiro atoms. The molecule has 3 aromatic heterocycles. The second-order valence-corrected chi connectivity index (χ2v) is 16.8. The summed E-state index contributed by atoms with van der Waals surface area (Å²) in [5, 5.41) is 19.6. The molecule has 4 heterocycles. The van der Waals surface area contributed by atoms with E-state index >= 15 is 0 Å². The molecular weight excluding hydrogens is 903 g/mol. The topological polar surface area (TPSA) is 256 Å². The quantitative estimate of drug-likeness (QED) is 0.0579. The number of aliphatic hydroxyl groups excluding tert-OH is 1. The minimum atomic E-state index is -0.679. The van der Waals surface area contributed by atoms with E-state index in [0.29, 0.717) is 153 Å². The molecule has 1 aliphatic rings. The predicted octanol–water partition coefficient (Wildman–Crippen LogP) is 2.26. The molecule has 0 unspecified atom stereocenters. The average Bonchev–Trinajstić information content (AvgIpc) is 3.97. The highest BCUT2D eigenvalue weighted by Gasteiger charge is 2.37.